The molecule has 2 heterocycles. The minimum Gasteiger partial charge on any atom is -0.455 e. The predicted molar refractivity (Wildman–Crippen MR) is 227 cm³/mol. The zero-order chi connectivity index (χ0) is 34.9. The Hall–Kier alpha value is -6.68. The van der Waals surface area contributed by atoms with Crippen molar-refractivity contribution in [3.05, 3.63) is 188 Å². The summed E-state index contributed by atoms with van der Waals surface area (Å²) in [4.78, 5) is 2.39. The van der Waals surface area contributed by atoms with Gasteiger partial charge in [0.15, 0.2) is 0 Å². The van der Waals surface area contributed by atoms with Crippen molar-refractivity contribution in [1.82, 2.24) is 0 Å². The second-order valence-electron chi connectivity index (χ2n) is 13.7. The molecular weight excluding hydrogens is 663 g/mol. The van der Waals surface area contributed by atoms with E-state index in [1.54, 1.807) is 0 Å². The molecule has 0 aliphatic carbocycles. The van der Waals surface area contributed by atoms with E-state index in [4.69, 9.17) is 4.42 Å². The van der Waals surface area contributed by atoms with Crippen molar-refractivity contribution in [1.29, 1.82) is 0 Å². The SMILES string of the molecule is c1cc(-c2cccc3ccccc23)cc(N(c2ccc(-c3cccc4oc5c6ccccc6ccc5c34)cc2)c2ccc3c(c2)sc2ccccc23)c1. The Labute approximate surface area is 310 Å². The van der Waals surface area contributed by atoms with E-state index < -0.39 is 0 Å². The standard InChI is InChI=1S/C50H31NOS/c1-3-15-39-32(10-1)12-8-18-40(39)35-13-7-14-37(30-35)51(38-27-29-44-43-17-5-6-21-47(43)53-48(44)31-38)36-25-22-34(23-26-36)41-19-9-20-46-49(41)45-28-24-33-11-2-4-16-42(33)50(45)52-46/h1-31H. The monoisotopic (exact) mass is 693 g/mol. The lowest BCUT2D eigenvalue weighted by molar-refractivity contribution is 0.673. The predicted octanol–water partition coefficient (Wildman–Crippen LogP) is 15.1. The van der Waals surface area contributed by atoms with Crippen molar-refractivity contribution < 1.29 is 4.42 Å². The van der Waals surface area contributed by atoms with Crippen LogP contribution < -0.4 is 4.90 Å². The van der Waals surface area contributed by atoms with Crippen molar-refractivity contribution in [3.63, 3.8) is 0 Å². The number of rotatable bonds is 5. The minimum absolute atomic E-state index is 0.904. The Morgan fingerprint density at radius 3 is 1.91 bits per heavy atom. The zero-order valence-corrected chi connectivity index (χ0v) is 29.5. The highest BCUT2D eigenvalue weighted by molar-refractivity contribution is 7.25. The first-order valence-corrected chi connectivity index (χ1v) is 18.8. The molecule has 2 nitrogen and oxygen atoms in total. The van der Waals surface area contributed by atoms with Crippen molar-refractivity contribution in [2.45, 2.75) is 0 Å². The van der Waals surface area contributed by atoms with E-state index in [1.165, 1.54) is 53.0 Å². The van der Waals surface area contributed by atoms with Crippen molar-refractivity contribution in [3.8, 4) is 22.3 Å². The second kappa shape index (κ2) is 11.9. The molecule has 2 aromatic heterocycles. The van der Waals surface area contributed by atoms with Crippen LogP contribution in [0.15, 0.2) is 192 Å². The average Bonchev–Trinajstić information content (AvgIpc) is 3.80. The highest BCUT2D eigenvalue weighted by Crippen LogP contribution is 2.44. The highest BCUT2D eigenvalue weighted by atomic mass is 32.1. The number of hydrogen-bond acceptors (Lipinski definition) is 3. The first kappa shape index (κ1) is 30.0. The summed E-state index contributed by atoms with van der Waals surface area (Å²) in [6, 6.07) is 68.0. The third-order valence-corrected chi connectivity index (χ3v) is 11.8. The number of fused-ring (bicyclic) bond motifs is 9. The van der Waals surface area contributed by atoms with E-state index in [0.29, 0.717) is 0 Å². The van der Waals surface area contributed by atoms with E-state index in [-0.39, 0.29) is 0 Å². The maximum atomic E-state index is 6.53. The van der Waals surface area contributed by atoms with E-state index in [1.807, 2.05) is 11.3 Å². The quantitative estimate of drug-likeness (QED) is 0.178. The summed E-state index contributed by atoms with van der Waals surface area (Å²) >= 11 is 1.85. The number of thiophene rings is 1. The van der Waals surface area contributed by atoms with E-state index in [9.17, 15) is 0 Å². The molecule has 0 unspecified atom stereocenters. The fraction of sp³-hybridized carbons (Fsp3) is 0. The normalized spacial score (nSPS) is 11.8. The van der Waals surface area contributed by atoms with Crippen LogP contribution in [0.25, 0.3) is 85.9 Å². The van der Waals surface area contributed by atoms with Gasteiger partial charge in [-0.1, -0.05) is 133 Å². The van der Waals surface area contributed by atoms with Crippen molar-refractivity contribution in [2.24, 2.45) is 0 Å². The molecule has 0 fully saturated rings. The van der Waals surface area contributed by atoms with E-state index in [2.05, 4.69) is 193 Å². The van der Waals surface area contributed by atoms with Crippen LogP contribution in [0.2, 0.25) is 0 Å². The van der Waals surface area contributed by atoms with E-state index >= 15 is 0 Å². The Bertz CT molecular complexity index is 3180. The van der Waals surface area contributed by atoms with Gasteiger partial charge in [0.1, 0.15) is 11.2 Å². The summed E-state index contributed by atoms with van der Waals surface area (Å²) in [5.74, 6) is 0. The van der Waals surface area contributed by atoms with Gasteiger partial charge in [-0.15, -0.1) is 11.3 Å². The summed E-state index contributed by atoms with van der Waals surface area (Å²) in [7, 11) is 0. The lowest BCUT2D eigenvalue weighted by Gasteiger charge is -2.26. The van der Waals surface area contributed by atoms with Gasteiger partial charge in [0.2, 0.25) is 0 Å². The van der Waals surface area contributed by atoms with Gasteiger partial charge in [-0.05, 0) is 93.0 Å². The first-order chi connectivity index (χ1) is 26.3. The Kier molecular flexibility index (Phi) is 6.76. The van der Waals surface area contributed by atoms with Gasteiger partial charge in [0, 0.05) is 53.4 Å². The average molecular weight is 694 g/mol. The number of benzene rings is 9. The van der Waals surface area contributed by atoms with Crippen molar-refractivity contribution in [2.75, 3.05) is 4.90 Å². The Morgan fingerprint density at radius 1 is 0.377 bits per heavy atom. The van der Waals surface area contributed by atoms with Gasteiger partial charge in [0.25, 0.3) is 0 Å². The maximum Gasteiger partial charge on any atom is 0.143 e. The smallest absolute Gasteiger partial charge is 0.143 e. The number of nitrogens with zero attached hydrogens (tertiary/aromatic N) is 1. The third-order valence-electron chi connectivity index (χ3n) is 10.6. The van der Waals surface area contributed by atoms with Gasteiger partial charge in [-0.2, -0.15) is 0 Å². The van der Waals surface area contributed by atoms with Crippen LogP contribution in [0, 0.1) is 0 Å². The number of furan rings is 1. The molecule has 9 aromatic carbocycles. The van der Waals surface area contributed by atoms with Crippen LogP contribution in [0.5, 0.6) is 0 Å². The van der Waals surface area contributed by atoms with Gasteiger partial charge in [0.05, 0.1) is 0 Å². The summed E-state index contributed by atoms with van der Waals surface area (Å²) < 4.78 is 9.12. The van der Waals surface area contributed by atoms with Crippen LogP contribution in [0.1, 0.15) is 0 Å². The van der Waals surface area contributed by atoms with Crippen LogP contribution in [-0.4, -0.2) is 0 Å². The van der Waals surface area contributed by atoms with Gasteiger partial charge >= 0.3 is 0 Å². The van der Waals surface area contributed by atoms with Gasteiger partial charge in [-0.25, -0.2) is 0 Å². The first-order valence-electron chi connectivity index (χ1n) is 18.0. The zero-order valence-electron chi connectivity index (χ0n) is 28.7. The molecular formula is C50H31NOS. The van der Waals surface area contributed by atoms with Crippen molar-refractivity contribution >= 4 is 92.1 Å². The molecule has 0 saturated carbocycles. The Balaban J connectivity index is 1.07. The summed E-state index contributed by atoms with van der Waals surface area (Å²) in [6.07, 6.45) is 0. The Morgan fingerprint density at radius 2 is 1.02 bits per heavy atom. The molecule has 3 heteroatoms. The molecule has 0 saturated heterocycles. The number of anilines is 3. The third kappa shape index (κ3) is 4.86. The highest BCUT2D eigenvalue weighted by Gasteiger charge is 2.18. The fourth-order valence-electron chi connectivity index (χ4n) is 8.17. The molecule has 0 amide bonds. The summed E-state index contributed by atoms with van der Waals surface area (Å²) in [6.45, 7) is 0. The largest absolute Gasteiger partial charge is 0.455 e. The lowest BCUT2D eigenvalue weighted by atomic mass is 9.97. The maximum absolute atomic E-state index is 6.53. The molecule has 248 valence electrons. The molecule has 0 aliphatic heterocycles. The molecule has 0 spiro atoms. The number of hydrogen-bond donors (Lipinski definition) is 0. The lowest BCUT2D eigenvalue weighted by Crippen LogP contribution is -2.10. The van der Waals surface area contributed by atoms with Gasteiger partial charge < -0.3 is 9.32 Å². The molecule has 11 aromatic rings. The minimum atomic E-state index is 0.904. The molecule has 11 rings (SSSR count). The molecule has 0 bridgehead atoms. The molecule has 0 atom stereocenters. The molecule has 0 N–H and O–H groups in total. The summed E-state index contributed by atoms with van der Waals surface area (Å²) in [5, 5.41) is 9.71. The van der Waals surface area contributed by atoms with Gasteiger partial charge in [-0.3, -0.25) is 0 Å². The van der Waals surface area contributed by atoms with Crippen LogP contribution in [0.4, 0.5) is 17.1 Å². The molecule has 0 aliphatic rings. The van der Waals surface area contributed by atoms with Crippen LogP contribution in [-0.2, 0) is 0 Å². The summed E-state index contributed by atoms with van der Waals surface area (Å²) in [5.41, 5.74) is 9.92. The van der Waals surface area contributed by atoms with Crippen LogP contribution >= 0.6 is 11.3 Å². The van der Waals surface area contributed by atoms with E-state index in [0.717, 1.165) is 50.0 Å². The molecule has 53 heavy (non-hydrogen) atoms. The second-order valence-corrected chi connectivity index (χ2v) is 14.8. The van der Waals surface area contributed by atoms with Crippen LogP contribution in [0.3, 0.4) is 0 Å². The topological polar surface area (TPSA) is 16.4 Å². The molecule has 0 radical (unpaired) electrons. The fourth-order valence-corrected chi connectivity index (χ4v) is 9.31.